The van der Waals surface area contributed by atoms with Crippen molar-refractivity contribution in [3.63, 3.8) is 0 Å². The molecule has 0 radical (unpaired) electrons. The second-order valence-corrected chi connectivity index (χ2v) is 4.73. The normalized spacial score (nSPS) is 10.6. The van der Waals surface area contributed by atoms with E-state index in [4.69, 9.17) is 4.74 Å². The Morgan fingerprint density at radius 3 is 2.83 bits per heavy atom. The van der Waals surface area contributed by atoms with Crippen LogP contribution in [0, 0.1) is 5.82 Å². The number of benzene rings is 1. The summed E-state index contributed by atoms with van der Waals surface area (Å²) >= 11 is 3.15. The fourth-order valence-electron chi connectivity index (χ4n) is 1.54. The van der Waals surface area contributed by atoms with Crippen LogP contribution in [0.3, 0.4) is 0 Å². The van der Waals surface area contributed by atoms with E-state index in [1.165, 1.54) is 6.07 Å². The number of hydrogen-bond donors (Lipinski definition) is 0. The number of pyridine rings is 1. The minimum Gasteiger partial charge on any atom is -0.376 e. The van der Waals surface area contributed by atoms with Gasteiger partial charge in [-0.1, -0.05) is 12.1 Å². The zero-order chi connectivity index (χ0) is 12.8. The van der Waals surface area contributed by atoms with Crippen molar-refractivity contribution in [2.24, 2.45) is 0 Å². The maximum Gasteiger partial charge on any atom is 0.137 e. The van der Waals surface area contributed by atoms with Crippen LogP contribution in [0.4, 0.5) is 4.39 Å². The lowest BCUT2D eigenvalue weighted by atomic mass is 10.2. The second kappa shape index (κ2) is 6.61. The topological polar surface area (TPSA) is 22.1 Å². The SMILES string of the molecule is Fc1ccc(COCCc2ccccn2)cc1Br. The highest BCUT2D eigenvalue weighted by Crippen LogP contribution is 2.17. The predicted octanol–water partition coefficient (Wildman–Crippen LogP) is 3.74. The standard InChI is InChI=1S/C14H13BrFNO/c15-13-9-11(4-5-14(13)16)10-18-8-6-12-3-1-2-7-17-12/h1-5,7,9H,6,8,10H2. The third kappa shape index (κ3) is 3.89. The van der Waals surface area contributed by atoms with Crippen LogP contribution in [0.25, 0.3) is 0 Å². The molecule has 18 heavy (non-hydrogen) atoms. The van der Waals surface area contributed by atoms with Gasteiger partial charge in [0.2, 0.25) is 0 Å². The molecular weight excluding hydrogens is 297 g/mol. The molecule has 0 bridgehead atoms. The molecule has 1 aromatic carbocycles. The highest BCUT2D eigenvalue weighted by atomic mass is 79.9. The summed E-state index contributed by atoms with van der Waals surface area (Å²) < 4.78 is 19.0. The average molecular weight is 310 g/mol. The summed E-state index contributed by atoms with van der Waals surface area (Å²) in [7, 11) is 0. The molecule has 2 rings (SSSR count). The summed E-state index contributed by atoms with van der Waals surface area (Å²) in [5.41, 5.74) is 1.96. The Kier molecular flexibility index (Phi) is 4.84. The van der Waals surface area contributed by atoms with E-state index in [0.29, 0.717) is 17.7 Å². The molecule has 1 aromatic heterocycles. The Morgan fingerprint density at radius 2 is 2.11 bits per heavy atom. The van der Waals surface area contributed by atoms with E-state index >= 15 is 0 Å². The third-order valence-corrected chi connectivity index (χ3v) is 3.09. The van der Waals surface area contributed by atoms with Gasteiger partial charge in [0, 0.05) is 18.3 Å². The largest absolute Gasteiger partial charge is 0.376 e. The van der Waals surface area contributed by atoms with Gasteiger partial charge >= 0.3 is 0 Å². The zero-order valence-electron chi connectivity index (χ0n) is 9.77. The lowest BCUT2D eigenvalue weighted by Crippen LogP contribution is -2.00. The molecule has 0 aliphatic carbocycles. The second-order valence-electron chi connectivity index (χ2n) is 3.87. The van der Waals surface area contributed by atoms with Crippen LogP contribution in [0.2, 0.25) is 0 Å². The third-order valence-electron chi connectivity index (χ3n) is 2.48. The van der Waals surface area contributed by atoms with Crippen LogP contribution in [0.5, 0.6) is 0 Å². The molecular formula is C14H13BrFNO. The summed E-state index contributed by atoms with van der Waals surface area (Å²) in [5.74, 6) is -0.257. The number of ether oxygens (including phenoxy) is 1. The maximum absolute atomic E-state index is 13.0. The molecule has 94 valence electrons. The monoisotopic (exact) mass is 309 g/mol. The van der Waals surface area contributed by atoms with Gasteiger partial charge in [-0.25, -0.2) is 4.39 Å². The lowest BCUT2D eigenvalue weighted by molar-refractivity contribution is 0.123. The Balaban J connectivity index is 1.77. The first kappa shape index (κ1) is 13.2. The van der Waals surface area contributed by atoms with Gasteiger partial charge in [-0.2, -0.15) is 0 Å². The van der Waals surface area contributed by atoms with Crippen LogP contribution < -0.4 is 0 Å². The van der Waals surface area contributed by atoms with Gasteiger partial charge in [-0.05, 0) is 45.8 Å². The van der Waals surface area contributed by atoms with E-state index < -0.39 is 0 Å². The molecule has 2 aromatic rings. The molecule has 0 atom stereocenters. The van der Waals surface area contributed by atoms with Crippen LogP contribution >= 0.6 is 15.9 Å². The summed E-state index contributed by atoms with van der Waals surface area (Å²) in [6.07, 6.45) is 2.55. The van der Waals surface area contributed by atoms with Crippen molar-refractivity contribution >= 4 is 15.9 Å². The zero-order valence-corrected chi connectivity index (χ0v) is 11.4. The molecule has 0 N–H and O–H groups in total. The van der Waals surface area contributed by atoms with Gasteiger partial charge in [0.1, 0.15) is 5.82 Å². The van der Waals surface area contributed by atoms with Gasteiger partial charge in [0.15, 0.2) is 0 Å². The minimum atomic E-state index is -0.257. The van der Waals surface area contributed by atoms with Gasteiger partial charge in [0.05, 0.1) is 17.7 Å². The van der Waals surface area contributed by atoms with E-state index in [9.17, 15) is 4.39 Å². The summed E-state index contributed by atoms with van der Waals surface area (Å²) in [6, 6.07) is 10.7. The van der Waals surface area contributed by atoms with E-state index in [0.717, 1.165) is 17.7 Å². The van der Waals surface area contributed by atoms with E-state index in [-0.39, 0.29) is 5.82 Å². The van der Waals surface area contributed by atoms with Crippen molar-refractivity contribution in [3.05, 3.63) is 64.1 Å². The quantitative estimate of drug-likeness (QED) is 0.785. The van der Waals surface area contributed by atoms with E-state index in [1.54, 1.807) is 18.3 Å². The fourth-order valence-corrected chi connectivity index (χ4v) is 1.97. The molecule has 0 spiro atoms. The first-order chi connectivity index (χ1) is 8.75. The Hall–Kier alpha value is -1.26. The smallest absolute Gasteiger partial charge is 0.137 e. The van der Waals surface area contributed by atoms with Gasteiger partial charge in [0.25, 0.3) is 0 Å². The molecule has 0 unspecified atom stereocenters. The molecule has 0 aliphatic rings. The van der Waals surface area contributed by atoms with Crippen LogP contribution in [0.1, 0.15) is 11.3 Å². The number of aromatic nitrogens is 1. The fraction of sp³-hybridized carbons (Fsp3) is 0.214. The van der Waals surface area contributed by atoms with Crippen molar-refractivity contribution < 1.29 is 9.13 Å². The first-order valence-electron chi connectivity index (χ1n) is 5.67. The van der Waals surface area contributed by atoms with Crippen LogP contribution in [0.15, 0.2) is 47.1 Å². The van der Waals surface area contributed by atoms with Crippen LogP contribution in [-0.2, 0) is 17.8 Å². The molecule has 0 saturated carbocycles. The highest BCUT2D eigenvalue weighted by molar-refractivity contribution is 9.10. The Morgan fingerprint density at radius 1 is 1.22 bits per heavy atom. The predicted molar refractivity (Wildman–Crippen MR) is 71.7 cm³/mol. The highest BCUT2D eigenvalue weighted by Gasteiger charge is 2.00. The summed E-state index contributed by atoms with van der Waals surface area (Å²) in [4.78, 5) is 4.21. The van der Waals surface area contributed by atoms with Gasteiger partial charge in [-0.3, -0.25) is 4.98 Å². The van der Waals surface area contributed by atoms with Gasteiger partial charge < -0.3 is 4.74 Å². The average Bonchev–Trinajstić information content (AvgIpc) is 2.40. The van der Waals surface area contributed by atoms with Crippen molar-refractivity contribution in [1.82, 2.24) is 4.98 Å². The molecule has 0 fully saturated rings. The molecule has 4 heteroatoms. The Labute approximate surface area is 114 Å². The molecule has 0 saturated heterocycles. The van der Waals surface area contributed by atoms with Crippen molar-refractivity contribution in [2.45, 2.75) is 13.0 Å². The van der Waals surface area contributed by atoms with Crippen molar-refractivity contribution in [1.29, 1.82) is 0 Å². The Bertz CT molecular complexity index is 504. The first-order valence-corrected chi connectivity index (χ1v) is 6.46. The number of rotatable bonds is 5. The minimum absolute atomic E-state index is 0.257. The maximum atomic E-state index is 13.0. The van der Waals surface area contributed by atoms with E-state index in [1.807, 2.05) is 18.2 Å². The van der Waals surface area contributed by atoms with Crippen molar-refractivity contribution in [2.75, 3.05) is 6.61 Å². The molecule has 2 nitrogen and oxygen atoms in total. The molecule has 1 heterocycles. The van der Waals surface area contributed by atoms with Crippen molar-refractivity contribution in [3.8, 4) is 0 Å². The summed E-state index contributed by atoms with van der Waals surface area (Å²) in [5, 5.41) is 0. The number of halogens is 2. The van der Waals surface area contributed by atoms with Crippen LogP contribution in [-0.4, -0.2) is 11.6 Å². The van der Waals surface area contributed by atoms with Gasteiger partial charge in [-0.15, -0.1) is 0 Å². The lowest BCUT2D eigenvalue weighted by Gasteiger charge is -2.05. The molecule has 0 amide bonds. The number of nitrogens with zero attached hydrogens (tertiary/aromatic N) is 1. The number of hydrogen-bond acceptors (Lipinski definition) is 2. The molecule has 0 aliphatic heterocycles. The summed E-state index contributed by atoms with van der Waals surface area (Å²) in [6.45, 7) is 1.08. The van der Waals surface area contributed by atoms with E-state index in [2.05, 4.69) is 20.9 Å².